The smallest absolute Gasteiger partial charge is 0.418 e. The lowest BCUT2D eigenvalue weighted by Crippen LogP contribution is -2.21. The minimum atomic E-state index is -4.66. The summed E-state index contributed by atoms with van der Waals surface area (Å²) in [6, 6.07) is 14.9. The third-order valence-corrected chi connectivity index (χ3v) is 6.90. The Morgan fingerprint density at radius 2 is 1.75 bits per heavy atom. The Kier molecular flexibility index (Phi) is 8.65. The number of nitrogens with zero attached hydrogens (tertiary/aromatic N) is 3. The number of aromatic carboxylic acids is 1. The van der Waals surface area contributed by atoms with E-state index in [4.69, 9.17) is 27.9 Å². The Labute approximate surface area is 239 Å². The van der Waals surface area contributed by atoms with E-state index in [1.807, 2.05) is 13.8 Å². The van der Waals surface area contributed by atoms with Crippen LogP contribution in [0.2, 0.25) is 10.0 Å². The molecule has 0 aliphatic rings. The van der Waals surface area contributed by atoms with Crippen molar-refractivity contribution in [3.05, 3.63) is 99.3 Å². The van der Waals surface area contributed by atoms with Crippen LogP contribution >= 0.6 is 23.2 Å². The van der Waals surface area contributed by atoms with Gasteiger partial charge in [0, 0.05) is 36.4 Å². The lowest BCUT2D eigenvalue weighted by Gasteiger charge is -2.24. The summed E-state index contributed by atoms with van der Waals surface area (Å²) < 4.78 is 50.1. The number of carbonyl (C=O) groups is 1. The molecule has 1 heterocycles. The van der Waals surface area contributed by atoms with E-state index in [9.17, 15) is 23.1 Å². The Morgan fingerprint density at radius 3 is 2.38 bits per heavy atom. The van der Waals surface area contributed by atoms with Gasteiger partial charge in [-0.15, -0.1) is 0 Å². The first-order chi connectivity index (χ1) is 18.9. The molecule has 1 aromatic heterocycles. The summed E-state index contributed by atoms with van der Waals surface area (Å²) in [6.07, 6.45) is -3.05. The summed E-state index contributed by atoms with van der Waals surface area (Å²) in [5.74, 6) is -1.09. The molecule has 11 heteroatoms. The molecule has 0 radical (unpaired) electrons. The molecular formula is C29H26Cl2F3N3O3. The Hall–Kier alpha value is -3.69. The summed E-state index contributed by atoms with van der Waals surface area (Å²) >= 11 is 12.8. The van der Waals surface area contributed by atoms with Crippen molar-refractivity contribution >= 4 is 34.9 Å². The number of anilines is 1. The molecule has 0 amide bonds. The molecule has 0 aliphatic heterocycles. The van der Waals surface area contributed by atoms with E-state index in [0.717, 1.165) is 6.07 Å². The molecule has 0 saturated carbocycles. The monoisotopic (exact) mass is 591 g/mol. The van der Waals surface area contributed by atoms with E-state index in [1.165, 1.54) is 36.2 Å². The van der Waals surface area contributed by atoms with Gasteiger partial charge in [-0.2, -0.15) is 18.3 Å². The molecule has 0 aliphatic carbocycles. The Bertz CT molecular complexity index is 1520. The second-order valence-electron chi connectivity index (χ2n) is 9.47. The highest BCUT2D eigenvalue weighted by atomic mass is 35.5. The maximum Gasteiger partial charge on any atom is 0.418 e. The molecule has 4 aromatic rings. The first-order valence-corrected chi connectivity index (χ1v) is 13.0. The number of alkyl halides is 3. The van der Waals surface area contributed by atoms with Crippen LogP contribution in [0.1, 0.15) is 47.1 Å². The van der Waals surface area contributed by atoms with Crippen LogP contribution < -0.4 is 9.64 Å². The van der Waals surface area contributed by atoms with Gasteiger partial charge in [0.1, 0.15) is 12.4 Å². The van der Waals surface area contributed by atoms with Crippen molar-refractivity contribution in [1.29, 1.82) is 0 Å². The Morgan fingerprint density at radius 1 is 1.07 bits per heavy atom. The molecule has 0 unspecified atom stereocenters. The highest BCUT2D eigenvalue weighted by Crippen LogP contribution is 2.40. The van der Waals surface area contributed by atoms with Gasteiger partial charge in [0.25, 0.3) is 0 Å². The van der Waals surface area contributed by atoms with Gasteiger partial charge in [-0.3, -0.25) is 4.68 Å². The number of carboxylic acid groups (broad SMARTS) is 1. The number of aromatic nitrogens is 2. The summed E-state index contributed by atoms with van der Waals surface area (Å²) in [7, 11) is 1.51. The van der Waals surface area contributed by atoms with E-state index in [-0.39, 0.29) is 36.2 Å². The number of benzene rings is 3. The molecule has 0 saturated heterocycles. The van der Waals surface area contributed by atoms with Crippen LogP contribution in [0.3, 0.4) is 0 Å². The van der Waals surface area contributed by atoms with Gasteiger partial charge in [-0.25, -0.2) is 4.79 Å². The van der Waals surface area contributed by atoms with Gasteiger partial charge in [-0.05, 0) is 61.9 Å². The second kappa shape index (κ2) is 11.8. The SMILES string of the molecule is CC(C)n1ncc(-c2c(Cl)cccc2Cl)c1COc1ccc(N(C)Cc2cccc(C(=O)O)c2)c(C(F)(F)F)c1. The molecule has 4 rings (SSSR count). The average molecular weight is 592 g/mol. The first kappa shape index (κ1) is 29.3. The van der Waals surface area contributed by atoms with Crippen molar-refractivity contribution in [2.45, 2.75) is 39.2 Å². The number of hydrogen-bond acceptors (Lipinski definition) is 4. The largest absolute Gasteiger partial charge is 0.487 e. The highest BCUT2D eigenvalue weighted by Gasteiger charge is 2.35. The lowest BCUT2D eigenvalue weighted by molar-refractivity contribution is -0.137. The van der Waals surface area contributed by atoms with Crippen molar-refractivity contribution in [3.8, 4) is 16.9 Å². The predicted octanol–water partition coefficient (Wildman–Crippen LogP) is 8.37. The molecule has 210 valence electrons. The van der Waals surface area contributed by atoms with Crippen molar-refractivity contribution < 1.29 is 27.8 Å². The second-order valence-corrected chi connectivity index (χ2v) is 10.3. The van der Waals surface area contributed by atoms with Crippen LogP contribution in [0.25, 0.3) is 11.1 Å². The zero-order chi connectivity index (χ0) is 29.2. The van der Waals surface area contributed by atoms with E-state index in [0.29, 0.717) is 32.4 Å². The lowest BCUT2D eigenvalue weighted by atomic mass is 10.1. The Balaban J connectivity index is 1.64. The molecule has 6 nitrogen and oxygen atoms in total. The third-order valence-electron chi connectivity index (χ3n) is 6.27. The van der Waals surface area contributed by atoms with Gasteiger partial charge in [-0.1, -0.05) is 41.4 Å². The van der Waals surface area contributed by atoms with E-state index >= 15 is 0 Å². The fraction of sp³-hybridized carbons (Fsp3) is 0.241. The van der Waals surface area contributed by atoms with Crippen LogP contribution in [0.4, 0.5) is 18.9 Å². The van der Waals surface area contributed by atoms with E-state index < -0.39 is 17.7 Å². The molecular weight excluding hydrogens is 566 g/mol. The standard InChI is InChI=1S/C29H26Cl2F3N3O3/c1-17(2)37-26(21(14-35-37)27-23(30)8-5-9-24(27)31)16-40-20-10-11-25(22(13-20)29(32,33)34)36(3)15-18-6-4-7-19(12-18)28(38)39/h4-14,17H,15-16H2,1-3H3,(H,38,39). The molecule has 3 aromatic carbocycles. The number of ether oxygens (including phenoxy) is 1. The average Bonchev–Trinajstić information content (AvgIpc) is 3.30. The summed E-state index contributed by atoms with van der Waals surface area (Å²) in [5, 5.41) is 14.5. The fourth-order valence-corrected chi connectivity index (χ4v) is 5.02. The quantitative estimate of drug-likeness (QED) is 0.212. The van der Waals surface area contributed by atoms with Crippen LogP contribution in [0.5, 0.6) is 5.75 Å². The molecule has 1 N–H and O–H groups in total. The topological polar surface area (TPSA) is 67.6 Å². The van der Waals surface area contributed by atoms with Crippen LogP contribution in [0, 0.1) is 0 Å². The van der Waals surface area contributed by atoms with Crippen molar-refractivity contribution in [3.63, 3.8) is 0 Å². The van der Waals surface area contributed by atoms with E-state index in [2.05, 4.69) is 5.10 Å². The zero-order valence-corrected chi connectivity index (χ0v) is 23.3. The number of carboxylic acids is 1. The number of hydrogen-bond donors (Lipinski definition) is 1. The summed E-state index contributed by atoms with van der Waals surface area (Å²) in [4.78, 5) is 12.7. The molecule has 40 heavy (non-hydrogen) atoms. The molecule has 0 fully saturated rings. The number of halogens is 5. The molecule has 0 bridgehead atoms. The van der Waals surface area contributed by atoms with Gasteiger partial charge in [0.15, 0.2) is 0 Å². The molecule has 0 atom stereocenters. The van der Waals surface area contributed by atoms with Gasteiger partial charge in [0.05, 0.1) is 33.1 Å². The molecule has 0 spiro atoms. The fourth-order valence-electron chi connectivity index (χ4n) is 4.42. The zero-order valence-electron chi connectivity index (χ0n) is 21.8. The van der Waals surface area contributed by atoms with E-state index in [1.54, 1.807) is 41.2 Å². The predicted molar refractivity (Wildman–Crippen MR) is 149 cm³/mol. The van der Waals surface area contributed by atoms with Crippen LogP contribution in [-0.2, 0) is 19.3 Å². The maximum absolute atomic E-state index is 14.2. The van der Waals surface area contributed by atoms with Crippen molar-refractivity contribution in [2.24, 2.45) is 0 Å². The van der Waals surface area contributed by atoms with Crippen LogP contribution in [-0.4, -0.2) is 27.9 Å². The minimum Gasteiger partial charge on any atom is -0.487 e. The first-order valence-electron chi connectivity index (χ1n) is 12.2. The summed E-state index contributed by atoms with van der Waals surface area (Å²) in [5.41, 5.74) is 1.46. The van der Waals surface area contributed by atoms with Crippen molar-refractivity contribution in [2.75, 3.05) is 11.9 Å². The highest BCUT2D eigenvalue weighted by molar-refractivity contribution is 6.39. The van der Waals surface area contributed by atoms with Gasteiger partial charge >= 0.3 is 12.1 Å². The van der Waals surface area contributed by atoms with Crippen LogP contribution in [0.15, 0.2) is 66.9 Å². The van der Waals surface area contributed by atoms with Gasteiger partial charge < -0.3 is 14.7 Å². The van der Waals surface area contributed by atoms with Gasteiger partial charge in [0.2, 0.25) is 0 Å². The normalized spacial score (nSPS) is 11.6. The third kappa shape index (κ3) is 6.37. The van der Waals surface area contributed by atoms with Crippen molar-refractivity contribution in [1.82, 2.24) is 9.78 Å². The summed E-state index contributed by atoms with van der Waals surface area (Å²) in [6.45, 7) is 3.84. The maximum atomic E-state index is 14.2. The minimum absolute atomic E-state index is 0.0186. The number of rotatable bonds is 9.